The lowest BCUT2D eigenvalue weighted by molar-refractivity contribution is -0.137. The molecule has 0 fully saturated rings. The second kappa shape index (κ2) is 9.53. The molecule has 7 heteroatoms. The van der Waals surface area contributed by atoms with E-state index in [1.54, 1.807) is 12.1 Å². The predicted octanol–water partition coefficient (Wildman–Crippen LogP) is 2.95. The average molecular weight is 364 g/mol. The minimum Gasteiger partial charge on any atom is -0.493 e. The Morgan fingerprint density at radius 3 is 2.59 bits per heavy atom. The van der Waals surface area contributed by atoms with Crippen molar-refractivity contribution in [2.75, 3.05) is 13.7 Å². The van der Waals surface area contributed by atoms with Crippen LogP contribution in [0.1, 0.15) is 15.9 Å². The Bertz CT molecular complexity index is 914. The molecule has 0 spiro atoms. The first-order valence-corrected chi connectivity index (χ1v) is 7.79. The molecule has 2 aromatic rings. The molecule has 0 saturated carbocycles. The van der Waals surface area contributed by atoms with Crippen LogP contribution >= 0.6 is 0 Å². The number of carbonyl (C=O) groups excluding carboxylic acids is 2. The topological polar surface area (TPSA) is 98.5 Å². The van der Waals surface area contributed by atoms with Crippen LogP contribution < -0.4 is 9.47 Å². The van der Waals surface area contributed by atoms with E-state index in [0.29, 0.717) is 11.1 Å². The summed E-state index contributed by atoms with van der Waals surface area (Å²) in [4.78, 5) is 27.8. The quantitative estimate of drug-likeness (QED) is 0.245. The highest BCUT2D eigenvalue weighted by atomic mass is 16.6. The van der Waals surface area contributed by atoms with E-state index in [9.17, 15) is 9.59 Å². The van der Waals surface area contributed by atoms with Gasteiger partial charge in [0.15, 0.2) is 11.5 Å². The standard InChI is InChI=1S/C20H16N2O5/c1-3-10-26-19(23)16(13-21)11-14-4-5-17(18(12-14)25-2)27-20(24)15-6-8-22-9-7-15/h3-9,11-12H,1,10H2,2H3/b16-11+. The van der Waals surface area contributed by atoms with Crippen molar-refractivity contribution in [3.8, 4) is 17.6 Å². The molecule has 0 aliphatic heterocycles. The highest BCUT2D eigenvalue weighted by molar-refractivity contribution is 5.98. The Hall–Kier alpha value is -3.92. The van der Waals surface area contributed by atoms with E-state index < -0.39 is 11.9 Å². The van der Waals surface area contributed by atoms with E-state index in [1.165, 1.54) is 55.9 Å². The maximum absolute atomic E-state index is 12.2. The number of benzene rings is 1. The molecule has 0 radical (unpaired) electrons. The number of rotatable bonds is 7. The molecule has 136 valence electrons. The number of hydrogen-bond donors (Lipinski definition) is 0. The lowest BCUT2D eigenvalue weighted by Crippen LogP contribution is -2.09. The summed E-state index contributed by atoms with van der Waals surface area (Å²) in [6, 6.07) is 9.46. The SMILES string of the molecule is C=CCOC(=O)/C(C#N)=C/c1ccc(OC(=O)c2ccncc2)c(OC)c1. The molecular formula is C20H16N2O5. The van der Waals surface area contributed by atoms with Crippen LogP contribution in [0.15, 0.2) is 61.0 Å². The van der Waals surface area contributed by atoms with Gasteiger partial charge in [-0.1, -0.05) is 18.7 Å². The van der Waals surface area contributed by atoms with Gasteiger partial charge in [0.25, 0.3) is 0 Å². The maximum atomic E-state index is 12.2. The molecule has 0 unspecified atom stereocenters. The van der Waals surface area contributed by atoms with Crippen LogP contribution in [-0.4, -0.2) is 30.6 Å². The lowest BCUT2D eigenvalue weighted by Gasteiger charge is -2.10. The summed E-state index contributed by atoms with van der Waals surface area (Å²) in [5.74, 6) is -0.860. The number of esters is 2. The first-order valence-electron chi connectivity index (χ1n) is 7.79. The van der Waals surface area contributed by atoms with Crippen molar-refractivity contribution in [2.24, 2.45) is 0 Å². The van der Waals surface area contributed by atoms with Crippen molar-refractivity contribution >= 4 is 18.0 Å². The molecule has 0 amide bonds. The zero-order chi connectivity index (χ0) is 19.6. The Kier molecular flexibility index (Phi) is 6.85. The molecule has 0 atom stereocenters. The third-order valence-electron chi connectivity index (χ3n) is 3.29. The Morgan fingerprint density at radius 2 is 1.96 bits per heavy atom. The molecule has 1 aromatic heterocycles. The number of aromatic nitrogens is 1. The largest absolute Gasteiger partial charge is 0.493 e. The summed E-state index contributed by atoms with van der Waals surface area (Å²) in [5.41, 5.74) is 0.663. The van der Waals surface area contributed by atoms with Gasteiger partial charge in [0.1, 0.15) is 18.2 Å². The van der Waals surface area contributed by atoms with E-state index in [2.05, 4.69) is 11.6 Å². The highest BCUT2D eigenvalue weighted by Crippen LogP contribution is 2.29. The predicted molar refractivity (Wildman–Crippen MR) is 96.9 cm³/mol. The van der Waals surface area contributed by atoms with Crippen molar-refractivity contribution in [3.05, 3.63) is 72.1 Å². The van der Waals surface area contributed by atoms with Gasteiger partial charge in [0.05, 0.1) is 12.7 Å². The molecule has 7 nitrogen and oxygen atoms in total. The second-order valence-electron chi connectivity index (χ2n) is 5.09. The minimum atomic E-state index is -0.760. The van der Waals surface area contributed by atoms with E-state index >= 15 is 0 Å². The molecule has 2 rings (SSSR count). The molecule has 0 bridgehead atoms. The number of methoxy groups -OCH3 is 1. The Morgan fingerprint density at radius 1 is 1.22 bits per heavy atom. The molecule has 0 N–H and O–H groups in total. The zero-order valence-corrected chi connectivity index (χ0v) is 14.5. The zero-order valence-electron chi connectivity index (χ0n) is 14.5. The van der Waals surface area contributed by atoms with Crippen LogP contribution in [0.4, 0.5) is 0 Å². The molecule has 1 heterocycles. The number of pyridine rings is 1. The van der Waals surface area contributed by atoms with Crippen molar-refractivity contribution < 1.29 is 23.8 Å². The third-order valence-corrected chi connectivity index (χ3v) is 3.29. The van der Waals surface area contributed by atoms with Gasteiger partial charge in [-0.3, -0.25) is 4.98 Å². The van der Waals surface area contributed by atoms with Crippen LogP contribution in [-0.2, 0) is 9.53 Å². The normalized spacial score (nSPS) is 10.4. The fourth-order valence-electron chi connectivity index (χ4n) is 2.02. The number of ether oxygens (including phenoxy) is 3. The molecule has 0 aliphatic carbocycles. The molecule has 0 aliphatic rings. The van der Waals surface area contributed by atoms with Gasteiger partial charge in [-0.05, 0) is 35.9 Å². The summed E-state index contributed by atoms with van der Waals surface area (Å²) >= 11 is 0. The van der Waals surface area contributed by atoms with Crippen LogP contribution in [0.3, 0.4) is 0 Å². The van der Waals surface area contributed by atoms with Crippen molar-refractivity contribution in [2.45, 2.75) is 0 Å². The number of nitriles is 1. The summed E-state index contributed by atoms with van der Waals surface area (Å²) in [5, 5.41) is 9.13. The number of hydrogen-bond acceptors (Lipinski definition) is 7. The fraction of sp³-hybridized carbons (Fsp3) is 0.100. The number of carbonyl (C=O) groups is 2. The summed E-state index contributed by atoms with van der Waals surface area (Å²) in [6.07, 6.45) is 5.72. The van der Waals surface area contributed by atoms with E-state index in [1.807, 2.05) is 0 Å². The Labute approximate surface area is 156 Å². The lowest BCUT2D eigenvalue weighted by atomic mass is 10.1. The van der Waals surface area contributed by atoms with Gasteiger partial charge in [-0.2, -0.15) is 5.26 Å². The highest BCUT2D eigenvalue weighted by Gasteiger charge is 2.14. The average Bonchev–Trinajstić information content (AvgIpc) is 2.71. The smallest absolute Gasteiger partial charge is 0.349 e. The summed E-state index contributed by atoms with van der Waals surface area (Å²) in [6.45, 7) is 3.44. The van der Waals surface area contributed by atoms with Crippen molar-refractivity contribution in [1.29, 1.82) is 5.26 Å². The first-order chi connectivity index (χ1) is 13.1. The monoisotopic (exact) mass is 364 g/mol. The van der Waals surface area contributed by atoms with Crippen LogP contribution in [0.2, 0.25) is 0 Å². The van der Waals surface area contributed by atoms with Gasteiger partial charge in [-0.25, -0.2) is 9.59 Å². The Balaban J connectivity index is 2.24. The molecule has 0 saturated heterocycles. The molecule has 1 aromatic carbocycles. The fourth-order valence-corrected chi connectivity index (χ4v) is 2.02. The van der Waals surface area contributed by atoms with E-state index in [4.69, 9.17) is 19.5 Å². The van der Waals surface area contributed by atoms with E-state index in [0.717, 1.165) is 0 Å². The summed E-state index contributed by atoms with van der Waals surface area (Å²) < 4.78 is 15.4. The van der Waals surface area contributed by atoms with Crippen LogP contribution in [0, 0.1) is 11.3 Å². The van der Waals surface area contributed by atoms with Gasteiger partial charge < -0.3 is 14.2 Å². The molecular weight excluding hydrogens is 348 g/mol. The van der Waals surface area contributed by atoms with Crippen molar-refractivity contribution in [3.63, 3.8) is 0 Å². The van der Waals surface area contributed by atoms with E-state index in [-0.39, 0.29) is 23.7 Å². The van der Waals surface area contributed by atoms with Gasteiger partial charge in [0.2, 0.25) is 0 Å². The first kappa shape index (κ1) is 19.4. The maximum Gasteiger partial charge on any atom is 0.349 e. The van der Waals surface area contributed by atoms with Gasteiger partial charge in [-0.15, -0.1) is 0 Å². The van der Waals surface area contributed by atoms with Crippen LogP contribution in [0.5, 0.6) is 11.5 Å². The third kappa shape index (κ3) is 5.28. The molecule has 27 heavy (non-hydrogen) atoms. The van der Waals surface area contributed by atoms with Gasteiger partial charge in [0, 0.05) is 12.4 Å². The van der Waals surface area contributed by atoms with Gasteiger partial charge >= 0.3 is 11.9 Å². The second-order valence-corrected chi connectivity index (χ2v) is 5.09. The number of nitrogens with zero attached hydrogens (tertiary/aromatic N) is 2. The minimum absolute atomic E-state index is 0.00503. The van der Waals surface area contributed by atoms with Crippen LogP contribution in [0.25, 0.3) is 6.08 Å². The summed E-state index contributed by atoms with van der Waals surface area (Å²) in [7, 11) is 1.41. The van der Waals surface area contributed by atoms with Crippen molar-refractivity contribution in [1.82, 2.24) is 4.98 Å².